The maximum Gasteiger partial charge on any atom is 0.259 e. The summed E-state index contributed by atoms with van der Waals surface area (Å²) in [5.41, 5.74) is 2.24. The zero-order valence-electron chi connectivity index (χ0n) is 20.3. The lowest BCUT2D eigenvalue weighted by atomic mass is 10.1. The van der Waals surface area contributed by atoms with Crippen molar-refractivity contribution in [3.8, 4) is 0 Å². The Morgan fingerprint density at radius 3 is 2.55 bits per heavy atom. The molecule has 3 heterocycles. The molecule has 3 rings (SSSR count). The highest BCUT2D eigenvalue weighted by molar-refractivity contribution is 6.12. The highest BCUT2D eigenvalue weighted by Gasteiger charge is 2.27. The Bertz CT molecular complexity index is 1120. The van der Waals surface area contributed by atoms with Gasteiger partial charge in [-0.3, -0.25) is 14.0 Å². The largest absolute Gasteiger partial charge is 0.384 e. The third kappa shape index (κ3) is 5.23. The van der Waals surface area contributed by atoms with E-state index in [-0.39, 0.29) is 18.2 Å². The van der Waals surface area contributed by atoms with Crippen LogP contribution in [0.2, 0.25) is 0 Å². The van der Waals surface area contributed by atoms with E-state index < -0.39 is 0 Å². The normalized spacial score (nSPS) is 11.3. The molecule has 0 aromatic carbocycles. The van der Waals surface area contributed by atoms with Crippen molar-refractivity contribution in [1.82, 2.24) is 29.8 Å². The first-order chi connectivity index (χ1) is 15.9. The lowest BCUT2D eigenvalue weighted by Crippen LogP contribution is -2.32. The molecule has 178 valence electrons. The van der Waals surface area contributed by atoms with Gasteiger partial charge in [0.2, 0.25) is 5.91 Å². The molecule has 0 radical (unpaired) electrons. The van der Waals surface area contributed by atoms with Crippen LogP contribution in [0.1, 0.15) is 63.6 Å². The molecule has 9 heteroatoms. The van der Waals surface area contributed by atoms with E-state index in [0.717, 1.165) is 30.5 Å². The van der Waals surface area contributed by atoms with E-state index in [1.54, 1.807) is 15.5 Å². The molecular formula is C24H35N7O2. The average Bonchev–Trinajstić information content (AvgIpc) is 3.21. The lowest BCUT2D eigenvalue weighted by molar-refractivity contribution is -0.120. The van der Waals surface area contributed by atoms with Gasteiger partial charge in [0.1, 0.15) is 17.0 Å². The molecule has 33 heavy (non-hydrogen) atoms. The van der Waals surface area contributed by atoms with Gasteiger partial charge in [-0.1, -0.05) is 27.2 Å². The van der Waals surface area contributed by atoms with Crippen molar-refractivity contribution in [3.63, 3.8) is 0 Å². The van der Waals surface area contributed by atoms with Crippen molar-refractivity contribution in [3.05, 3.63) is 29.7 Å². The number of fused-ring (bicyclic) bond motifs is 3. The molecule has 0 bridgehead atoms. The summed E-state index contributed by atoms with van der Waals surface area (Å²) in [4.78, 5) is 32.5. The number of amides is 2. The number of aromatic nitrogens is 4. The Balaban J connectivity index is 2.21. The third-order valence-corrected chi connectivity index (χ3v) is 5.59. The summed E-state index contributed by atoms with van der Waals surface area (Å²) in [6, 6.07) is 3.79. The zero-order chi connectivity index (χ0) is 24.0. The summed E-state index contributed by atoms with van der Waals surface area (Å²) in [7, 11) is 0. The van der Waals surface area contributed by atoms with Gasteiger partial charge in [-0.15, -0.1) is 10.2 Å². The third-order valence-electron chi connectivity index (χ3n) is 5.59. The van der Waals surface area contributed by atoms with E-state index in [2.05, 4.69) is 32.7 Å². The van der Waals surface area contributed by atoms with Gasteiger partial charge in [0.05, 0.1) is 12.1 Å². The van der Waals surface area contributed by atoms with Crippen LogP contribution in [0.15, 0.2) is 18.3 Å². The quantitative estimate of drug-likeness (QED) is 0.432. The number of hydrogen-bond acceptors (Lipinski definition) is 6. The Kier molecular flexibility index (Phi) is 8.19. The van der Waals surface area contributed by atoms with Gasteiger partial charge >= 0.3 is 0 Å². The number of unbranched alkanes of at least 4 members (excludes halogenated alkanes) is 1. The minimum absolute atomic E-state index is 0.0566. The van der Waals surface area contributed by atoms with E-state index in [4.69, 9.17) is 0 Å². The summed E-state index contributed by atoms with van der Waals surface area (Å²) < 4.78 is 1.76. The molecule has 0 unspecified atom stereocenters. The number of carbonyl (C=O) groups is 2. The van der Waals surface area contributed by atoms with Gasteiger partial charge in [-0.2, -0.15) is 0 Å². The van der Waals surface area contributed by atoms with Crippen LogP contribution in [0.5, 0.6) is 0 Å². The first-order valence-corrected chi connectivity index (χ1v) is 11.9. The summed E-state index contributed by atoms with van der Waals surface area (Å²) in [6.45, 7) is 12.6. The smallest absolute Gasteiger partial charge is 0.259 e. The Morgan fingerprint density at radius 1 is 1.12 bits per heavy atom. The predicted octanol–water partition coefficient (Wildman–Crippen LogP) is 3.29. The summed E-state index contributed by atoms with van der Waals surface area (Å²) >= 11 is 0. The second-order valence-electron chi connectivity index (χ2n) is 8.53. The first kappa shape index (κ1) is 24.4. The number of nitrogens with one attached hydrogen (secondary N) is 2. The van der Waals surface area contributed by atoms with Crippen LogP contribution in [0.3, 0.4) is 0 Å². The second-order valence-corrected chi connectivity index (χ2v) is 8.53. The molecule has 3 aromatic rings. The highest BCUT2D eigenvalue weighted by Crippen LogP contribution is 2.31. The fraction of sp³-hybridized carbons (Fsp3) is 0.542. The monoisotopic (exact) mass is 453 g/mol. The lowest BCUT2D eigenvalue weighted by Gasteiger charge is -2.22. The zero-order valence-corrected chi connectivity index (χ0v) is 20.3. The van der Waals surface area contributed by atoms with Gasteiger partial charge in [-0.25, -0.2) is 4.98 Å². The molecular weight excluding hydrogens is 418 g/mol. The van der Waals surface area contributed by atoms with E-state index >= 15 is 0 Å². The Hall–Kier alpha value is -3.23. The molecule has 2 amide bonds. The Labute approximate surface area is 195 Å². The van der Waals surface area contributed by atoms with Crippen molar-refractivity contribution in [2.24, 2.45) is 5.92 Å². The molecule has 9 nitrogen and oxygen atoms in total. The number of hydrogen-bond donors (Lipinski definition) is 2. The molecule has 3 aromatic heterocycles. The predicted molar refractivity (Wildman–Crippen MR) is 130 cm³/mol. The average molecular weight is 454 g/mol. The topological polar surface area (TPSA) is 105 Å². The molecule has 0 saturated carbocycles. The van der Waals surface area contributed by atoms with Crippen molar-refractivity contribution in [1.29, 1.82) is 0 Å². The molecule has 0 aliphatic carbocycles. The molecule has 0 aliphatic rings. The van der Waals surface area contributed by atoms with Crippen LogP contribution < -0.4 is 10.6 Å². The minimum atomic E-state index is -0.135. The van der Waals surface area contributed by atoms with Crippen LogP contribution in [-0.4, -0.2) is 62.5 Å². The summed E-state index contributed by atoms with van der Waals surface area (Å²) in [5, 5.41) is 15.9. The highest BCUT2D eigenvalue weighted by atomic mass is 16.2. The van der Waals surface area contributed by atoms with E-state index in [0.29, 0.717) is 48.2 Å². The molecule has 0 spiro atoms. The number of anilines is 1. The van der Waals surface area contributed by atoms with E-state index in [1.165, 1.54) is 0 Å². The Morgan fingerprint density at radius 2 is 1.88 bits per heavy atom. The summed E-state index contributed by atoms with van der Waals surface area (Å²) in [5.74, 6) is 0.562. The standard InChI is InChI=1S/C24H35N7O2/c1-6-9-12-25-21-17-11-10-13-26-22(17)31-18(14-19(32)27-15-16(4)5)28-29-23(31)20(21)24(33)30(7-2)8-3/h10-11,13,16,25H,6-9,12,14-15H2,1-5H3,(H,27,32). The van der Waals surface area contributed by atoms with Crippen molar-refractivity contribution >= 4 is 34.2 Å². The van der Waals surface area contributed by atoms with E-state index in [1.807, 2.05) is 39.8 Å². The molecule has 0 saturated heterocycles. The summed E-state index contributed by atoms with van der Waals surface area (Å²) in [6.07, 6.45) is 3.76. The maximum atomic E-state index is 13.6. The molecule has 0 fully saturated rings. The van der Waals surface area contributed by atoms with Crippen LogP contribution in [-0.2, 0) is 11.2 Å². The fourth-order valence-electron chi connectivity index (χ4n) is 3.80. The van der Waals surface area contributed by atoms with Crippen molar-refractivity contribution in [2.45, 2.75) is 53.9 Å². The number of pyridine rings is 2. The van der Waals surface area contributed by atoms with Gasteiger partial charge in [-0.05, 0) is 38.3 Å². The molecule has 0 aliphatic heterocycles. The molecule has 0 atom stereocenters. The number of carbonyl (C=O) groups excluding carboxylic acids is 2. The number of nitrogens with zero attached hydrogens (tertiary/aromatic N) is 5. The minimum Gasteiger partial charge on any atom is -0.384 e. The SMILES string of the molecule is CCCCNc1c(C(=O)N(CC)CC)c2nnc(CC(=O)NCC(C)C)n2c2ncccc12. The molecule has 2 N–H and O–H groups in total. The van der Waals surface area contributed by atoms with Crippen LogP contribution in [0.25, 0.3) is 16.7 Å². The van der Waals surface area contributed by atoms with E-state index in [9.17, 15) is 9.59 Å². The van der Waals surface area contributed by atoms with Crippen LogP contribution in [0, 0.1) is 5.92 Å². The second kappa shape index (κ2) is 11.1. The number of rotatable bonds is 11. The van der Waals surface area contributed by atoms with Crippen LogP contribution >= 0.6 is 0 Å². The first-order valence-electron chi connectivity index (χ1n) is 11.9. The van der Waals surface area contributed by atoms with Crippen molar-refractivity contribution < 1.29 is 9.59 Å². The van der Waals surface area contributed by atoms with Crippen LogP contribution in [0.4, 0.5) is 5.69 Å². The fourth-order valence-corrected chi connectivity index (χ4v) is 3.80. The van der Waals surface area contributed by atoms with Gasteiger partial charge in [0.15, 0.2) is 5.65 Å². The maximum absolute atomic E-state index is 13.6. The van der Waals surface area contributed by atoms with Gasteiger partial charge < -0.3 is 15.5 Å². The van der Waals surface area contributed by atoms with Gasteiger partial charge in [0, 0.05) is 37.8 Å². The van der Waals surface area contributed by atoms with Crippen molar-refractivity contribution in [2.75, 3.05) is 31.5 Å². The van der Waals surface area contributed by atoms with Gasteiger partial charge in [0.25, 0.3) is 5.91 Å².